The summed E-state index contributed by atoms with van der Waals surface area (Å²) in [7, 11) is 0. The average Bonchev–Trinajstić information content (AvgIpc) is 2.38. The van der Waals surface area contributed by atoms with Crippen molar-refractivity contribution in [2.45, 2.75) is 18.7 Å². The molecule has 2 rings (SSSR count). The second-order valence-electron chi connectivity index (χ2n) is 4.62. The van der Waals surface area contributed by atoms with E-state index in [1.807, 2.05) is 19.9 Å². The standard InChI is InChI=1S/C15H11BrClF3/c1-7-3-10(11(17)4-8(7)2)14(16)9-5-12(18)15(20)13(19)6-9/h3-6,14H,1-2H3. The Bertz CT molecular complexity index is 647. The molecule has 0 aliphatic carbocycles. The van der Waals surface area contributed by atoms with Crippen molar-refractivity contribution in [3.63, 3.8) is 0 Å². The molecule has 0 saturated heterocycles. The van der Waals surface area contributed by atoms with Gasteiger partial charge < -0.3 is 0 Å². The first-order chi connectivity index (χ1) is 9.31. The summed E-state index contributed by atoms with van der Waals surface area (Å²) in [5, 5.41) is 0.486. The van der Waals surface area contributed by atoms with Crippen molar-refractivity contribution >= 4 is 27.5 Å². The number of benzene rings is 2. The zero-order valence-corrected chi connectivity index (χ0v) is 13.1. The lowest BCUT2D eigenvalue weighted by molar-refractivity contribution is 0.445. The van der Waals surface area contributed by atoms with E-state index in [1.165, 1.54) is 0 Å². The van der Waals surface area contributed by atoms with E-state index < -0.39 is 22.3 Å². The second kappa shape index (κ2) is 5.78. The Morgan fingerprint density at radius 1 is 0.950 bits per heavy atom. The topological polar surface area (TPSA) is 0 Å². The zero-order valence-electron chi connectivity index (χ0n) is 10.8. The molecule has 0 saturated carbocycles. The highest BCUT2D eigenvalue weighted by atomic mass is 79.9. The molecule has 2 aromatic rings. The molecule has 2 aromatic carbocycles. The average molecular weight is 364 g/mol. The minimum Gasteiger partial charge on any atom is -0.204 e. The number of rotatable bonds is 2. The molecule has 106 valence electrons. The summed E-state index contributed by atoms with van der Waals surface area (Å²) in [6, 6.07) is 5.56. The van der Waals surface area contributed by atoms with Crippen LogP contribution < -0.4 is 0 Å². The summed E-state index contributed by atoms with van der Waals surface area (Å²) in [5.41, 5.74) is 2.98. The molecule has 0 aliphatic heterocycles. The predicted molar refractivity (Wildman–Crippen MR) is 78.0 cm³/mol. The van der Waals surface area contributed by atoms with Crippen LogP contribution in [0.5, 0.6) is 0 Å². The highest BCUT2D eigenvalue weighted by molar-refractivity contribution is 9.09. The number of alkyl halides is 1. The Morgan fingerprint density at radius 2 is 1.45 bits per heavy atom. The van der Waals surface area contributed by atoms with Gasteiger partial charge in [0, 0.05) is 5.02 Å². The number of hydrogen-bond acceptors (Lipinski definition) is 0. The van der Waals surface area contributed by atoms with Gasteiger partial charge in [-0.25, -0.2) is 13.2 Å². The van der Waals surface area contributed by atoms with Crippen LogP contribution in [0.3, 0.4) is 0 Å². The fourth-order valence-corrected chi connectivity index (χ4v) is 3.00. The van der Waals surface area contributed by atoms with Crippen LogP contribution in [0, 0.1) is 31.3 Å². The molecule has 0 heterocycles. The Balaban J connectivity index is 2.51. The predicted octanol–water partition coefficient (Wildman–Crippen LogP) is 5.86. The summed E-state index contributed by atoms with van der Waals surface area (Å²) in [6.07, 6.45) is 0. The van der Waals surface area contributed by atoms with E-state index in [1.54, 1.807) is 6.07 Å². The molecule has 0 fully saturated rings. The van der Waals surface area contributed by atoms with Crippen LogP contribution in [0.15, 0.2) is 24.3 Å². The Kier molecular flexibility index (Phi) is 4.45. The third-order valence-corrected chi connectivity index (χ3v) is 4.53. The number of halogens is 5. The summed E-state index contributed by atoms with van der Waals surface area (Å²) < 4.78 is 39.6. The lowest BCUT2D eigenvalue weighted by Gasteiger charge is -2.15. The van der Waals surface area contributed by atoms with Gasteiger partial charge in [0.2, 0.25) is 0 Å². The van der Waals surface area contributed by atoms with Crippen LogP contribution in [0.1, 0.15) is 27.1 Å². The third kappa shape index (κ3) is 2.86. The maximum absolute atomic E-state index is 13.3. The Morgan fingerprint density at radius 3 is 2.00 bits per heavy atom. The van der Waals surface area contributed by atoms with Gasteiger partial charge in [0.05, 0.1) is 4.83 Å². The van der Waals surface area contributed by atoms with Crippen molar-refractivity contribution in [1.29, 1.82) is 0 Å². The summed E-state index contributed by atoms with van der Waals surface area (Å²) in [5.74, 6) is -3.91. The summed E-state index contributed by atoms with van der Waals surface area (Å²) >= 11 is 9.52. The van der Waals surface area contributed by atoms with Crippen LogP contribution in [-0.4, -0.2) is 0 Å². The summed E-state index contributed by atoms with van der Waals surface area (Å²) in [4.78, 5) is -0.515. The van der Waals surface area contributed by atoms with Crippen molar-refractivity contribution in [2.24, 2.45) is 0 Å². The van der Waals surface area contributed by atoms with Gasteiger partial charge in [-0.3, -0.25) is 0 Å². The molecule has 0 radical (unpaired) electrons. The molecular formula is C15H11BrClF3. The first-order valence-corrected chi connectivity index (χ1v) is 7.15. The largest absolute Gasteiger partial charge is 0.204 e. The van der Waals surface area contributed by atoms with E-state index in [4.69, 9.17) is 11.6 Å². The molecule has 20 heavy (non-hydrogen) atoms. The molecule has 5 heteroatoms. The van der Waals surface area contributed by atoms with Gasteiger partial charge in [-0.1, -0.05) is 33.6 Å². The van der Waals surface area contributed by atoms with E-state index in [-0.39, 0.29) is 5.56 Å². The van der Waals surface area contributed by atoms with E-state index in [2.05, 4.69) is 15.9 Å². The molecular weight excluding hydrogens is 353 g/mol. The molecule has 0 aromatic heterocycles. The molecule has 1 atom stereocenters. The first kappa shape index (κ1) is 15.4. The van der Waals surface area contributed by atoms with Crippen molar-refractivity contribution < 1.29 is 13.2 Å². The van der Waals surface area contributed by atoms with Crippen molar-refractivity contribution in [2.75, 3.05) is 0 Å². The highest BCUT2D eigenvalue weighted by Gasteiger charge is 2.19. The third-order valence-electron chi connectivity index (χ3n) is 3.18. The van der Waals surface area contributed by atoms with E-state index in [9.17, 15) is 13.2 Å². The van der Waals surface area contributed by atoms with E-state index >= 15 is 0 Å². The van der Waals surface area contributed by atoms with Gasteiger partial charge in [0.15, 0.2) is 17.5 Å². The lowest BCUT2D eigenvalue weighted by Crippen LogP contribution is -2.00. The minimum atomic E-state index is -1.47. The van der Waals surface area contributed by atoms with Gasteiger partial charge in [0.1, 0.15) is 0 Å². The zero-order chi connectivity index (χ0) is 15.0. The van der Waals surface area contributed by atoms with Crippen molar-refractivity contribution in [1.82, 2.24) is 0 Å². The van der Waals surface area contributed by atoms with Gasteiger partial charge in [0.25, 0.3) is 0 Å². The van der Waals surface area contributed by atoms with Crippen LogP contribution in [0.25, 0.3) is 0 Å². The maximum atomic E-state index is 13.3. The van der Waals surface area contributed by atoms with Crippen LogP contribution in [0.2, 0.25) is 5.02 Å². The summed E-state index contributed by atoms with van der Waals surface area (Å²) in [6.45, 7) is 3.84. The second-order valence-corrected chi connectivity index (χ2v) is 5.94. The van der Waals surface area contributed by atoms with Gasteiger partial charge in [-0.2, -0.15) is 0 Å². The van der Waals surface area contributed by atoms with E-state index in [0.29, 0.717) is 10.6 Å². The van der Waals surface area contributed by atoms with Gasteiger partial charge in [-0.15, -0.1) is 0 Å². The highest BCUT2D eigenvalue weighted by Crippen LogP contribution is 2.37. The van der Waals surface area contributed by atoms with Crippen molar-refractivity contribution in [3.05, 3.63) is 69.0 Å². The fraction of sp³-hybridized carbons (Fsp3) is 0.200. The smallest absolute Gasteiger partial charge is 0.194 e. The van der Waals surface area contributed by atoms with Crippen molar-refractivity contribution in [3.8, 4) is 0 Å². The lowest BCUT2D eigenvalue weighted by atomic mass is 10.00. The molecule has 0 spiro atoms. The molecule has 0 bridgehead atoms. The normalized spacial score (nSPS) is 12.6. The molecule has 1 unspecified atom stereocenters. The Hall–Kier alpha value is -1.00. The first-order valence-electron chi connectivity index (χ1n) is 5.86. The molecule has 0 amide bonds. The Labute approximate surface area is 128 Å². The van der Waals surface area contributed by atoms with Crippen LogP contribution >= 0.6 is 27.5 Å². The number of aryl methyl sites for hydroxylation is 2. The van der Waals surface area contributed by atoms with E-state index in [0.717, 1.165) is 23.3 Å². The number of hydrogen-bond donors (Lipinski definition) is 0. The molecule has 0 aliphatic rings. The quantitative estimate of drug-likeness (QED) is 0.463. The van der Waals surface area contributed by atoms with Gasteiger partial charge in [-0.05, 0) is 54.3 Å². The van der Waals surface area contributed by atoms with Gasteiger partial charge >= 0.3 is 0 Å². The van der Waals surface area contributed by atoms with Crippen LogP contribution in [0.4, 0.5) is 13.2 Å². The minimum absolute atomic E-state index is 0.270. The maximum Gasteiger partial charge on any atom is 0.194 e. The van der Waals surface area contributed by atoms with Crippen LogP contribution in [-0.2, 0) is 0 Å². The molecule has 0 N–H and O–H groups in total. The molecule has 0 nitrogen and oxygen atoms in total. The SMILES string of the molecule is Cc1cc(Cl)c(C(Br)c2cc(F)c(F)c(F)c2)cc1C. The monoisotopic (exact) mass is 362 g/mol. The fourth-order valence-electron chi connectivity index (χ4n) is 1.90.